The molecule has 0 radical (unpaired) electrons. The first-order valence-corrected chi connectivity index (χ1v) is 6.93. The molecule has 106 valence electrons. The zero-order valence-electron chi connectivity index (χ0n) is 11.5. The first kappa shape index (κ1) is 13.9. The van der Waals surface area contributed by atoms with Gasteiger partial charge in [-0.2, -0.15) is 0 Å². The van der Waals surface area contributed by atoms with E-state index in [1.165, 1.54) is 0 Å². The van der Waals surface area contributed by atoms with Gasteiger partial charge in [0.05, 0.1) is 12.1 Å². The summed E-state index contributed by atoms with van der Waals surface area (Å²) in [6.45, 7) is 0. The molecule has 1 unspecified atom stereocenters. The molecule has 1 aromatic heterocycles. The van der Waals surface area contributed by atoms with Gasteiger partial charge < -0.3 is 9.84 Å². The molecule has 0 fully saturated rings. The topological polar surface area (TPSA) is 42.4 Å². The van der Waals surface area contributed by atoms with Gasteiger partial charge in [-0.1, -0.05) is 35.9 Å². The fourth-order valence-corrected chi connectivity index (χ4v) is 2.76. The molecule has 0 bridgehead atoms. The Morgan fingerprint density at radius 3 is 2.76 bits per heavy atom. The molecule has 0 amide bonds. The maximum Gasteiger partial charge on any atom is 0.126 e. The highest BCUT2D eigenvalue weighted by atomic mass is 35.5. The summed E-state index contributed by atoms with van der Waals surface area (Å²) in [5, 5.41) is 13.2. The van der Waals surface area contributed by atoms with Gasteiger partial charge in [0.2, 0.25) is 0 Å². The number of aliphatic hydroxyl groups is 1. The molecule has 3 rings (SSSR count). The standard InChI is InChI=1S/C17H14ClNO2/c1-21-15-7-3-6-14(18)16(15)17(20)12-5-2-4-11-8-9-19-10-13(11)12/h2-10,17,20H,1H3. The van der Waals surface area contributed by atoms with Crippen LogP contribution in [0.25, 0.3) is 10.8 Å². The molecular formula is C17H14ClNO2. The van der Waals surface area contributed by atoms with Gasteiger partial charge in [0.25, 0.3) is 0 Å². The van der Waals surface area contributed by atoms with Crippen LogP contribution in [0.4, 0.5) is 0 Å². The molecule has 21 heavy (non-hydrogen) atoms. The van der Waals surface area contributed by atoms with Crippen LogP contribution in [0.3, 0.4) is 0 Å². The van der Waals surface area contributed by atoms with Crippen LogP contribution < -0.4 is 4.74 Å². The molecule has 1 N–H and O–H groups in total. The van der Waals surface area contributed by atoms with Crippen LogP contribution in [-0.4, -0.2) is 17.2 Å². The highest BCUT2D eigenvalue weighted by Gasteiger charge is 2.20. The number of methoxy groups -OCH3 is 1. The lowest BCUT2D eigenvalue weighted by molar-refractivity contribution is 0.216. The number of nitrogens with zero attached hydrogens (tertiary/aromatic N) is 1. The van der Waals surface area contributed by atoms with E-state index in [4.69, 9.17) is 16.3 Å². The van der Waals surface area contributed by atoms with E-state index in [0.717, 1.165) is 16.3 Å². The molecule has 3 aromatic rings. The van der Waals surface area contributed by atoms with Gasteiger partial charge in [-0.25, -0.2) is 0 Å². The molecule has 4 heteroatoms. The van der Waals surface area contributed by atoms with E-state index in [9.17, 15) is 5.11 Å². The van der Waals surface area contributed by atoms with Crippen LogP contribution >= 0.6 is 11.6 Å². The van der Waals surface area contributed by atoms with E-state index in [0.29, 0.717) is 16.3 Å². The Bertz CT molecular complexity index is 783. The molecule has 0 aliphatic carbocycles. The molecule has 0 aliphatic rings. The van der Waals surface area contributed by atoms with E-state index in [2.05, 4.69) is 4.98 Å². The van der Waals surface area contributed by atoms with E-state index in [1.54, 1.807) is 37.7 Å². The molecule has 0 spiro atoms. The minimum atomic E-state index is -0.874. The van der Waals surface area contributed by atoms with Crippen LogP contribution in [0.1, 0.15) is 17.2 Å². The normalized spacial score (nSPS) is 12.3. The Labute approximate surface area is 127 Å². The van der Waals surface area contributed by atoms with Crippen molar-refractivity contribution in [2.24, 2.45) is 0 Å². The monoisotopic (exact) mass is 299 g/mol. The number of ether oxygens (including phenoxy) is 1. The van der Waals surface area contributed by atoms with Crippen LogP contribution in [0, 0.1) is 0 Å². The number of halogens is 1. The van der Waals surface area contributed by atoms with Gasteiger partial charge in [-0.05, 0) is 29.1 Å². The van der Waals surface area contributed by atoms with Gasteiger partial charge in [0.15, 0.2) is 0 Å². The van der Waals surface area contributed by atoms with Crippen LogP contribution in [0.5, 0.6) is 5.75 Å². The second kappa shape index (κ2) is 5.72. The lowest BCUT2D eigenvalue weighted by Gasteiger charge is -2.18. The third-order valence-corrected chi connectivity index (χ3v) is 3.85. The predicted molar refractivity (Wildman–Crippen MR) is 83.8 cm³/mol. The van der Waals surface area contributed by atoms with Crippen molar-refractivity contribution < 1.29 is 9.84 Å². The van der Waals surface area contributed by atoms with Gasteiger partial charge >= 0.3 is 0 Å². The summed E-state index contributed by atoms with van der Waals surface area (Å²) in [6, 6.07) is 13.0. The fraction of sp³-hybridized carbons (Fsp3) is 0.118. The molecule has 0 saturated carbocycles. The average Bonchev–Trinajstić information content (AvgIpc) is 2.53. The highest BCUT2D eigenvalue weighted by Crippen LogP contribution is 2.37. The summed E-state index contributed by atoms with van der Waals surface area (Å²) in [4.78, 5) is 4.14. The molecule has 0 saturated heterocycles. The van der Waals surface area contributed by atoms with Gasteiger partial charge in [0.1, 0.15) is 11.9 Å². The second-order valence-corrected chi connectivity index (χ2v) is 5.11. The number of aliphatic hydroxyl groups excluding tert-OH is 1. The number of hydrogen-bond acceptors (Lipinski definition) is 3. The number of hydrogen-bond donors (Lipinski definition) is 1. The van der Waals surface area contributed by atoms with Gasteiger partial charge in [-0.3, -0.25) is 4.98 Å². The number of fused-ring (bicyclic) bond motifs is 1. The maximum absolute atomic E-state index is 10.8. The van der Waals surface area contributed by atoms with Gasteiger partial charge in [0, 0.05) is 23.3 Å². The number of benzene rings is 2. The third-order valence-electron chi connectivity index (χ3n) is 3.52. The van der Waals surface area contributed by atoms with Crippen molar-refractivity contribution in [2.45, 2.75) is 6.10 Å². The Morgan fingerprint density at radius 1 is 1.14 bits per heavy atom. The summed E-state index contributed by atoms with van der Waals surface area (Å²) in [6.07, 6.45) is 2.60. The molecule has 1 heterocycles. The summed E-state index contributed by atoms with van der Waals surface area (Å²) in [7, 11) is 1.56. The van der Waals surface area contributed by atoms with Crippen molar-refractivity contribution in [3.05, 3.63) is 71.0 Å². The largest absolute Gasteiger partial charge is 0.496 e. The van der Waals surface area contributed by atoms with E-state index in [1.807, 2.05) is 24.3 Å². The molecule has 1 atom stereocenters. The number of rotatable bonds is 3. The summed E-state index contributed by atoms with van der Waals surface area (Å²) < 4.78 is 5.32. The zero-order chi connectivity index (χ0) is 14.8. The predicted octanol–water partition coefficient (Wildman–Crippen LogP) is 3.98. The number of pyridine rings is 1. The molecule has 3 nitrogen and oxygen atoms in total. The van der Waals surface area contributed by atoms with Crippen LogP contribution in [0.2, 0.25) is 5.02 Å². The van der Waals surface area contributed by atoms with Crippen molar-refractivity contribution in [3.63, 3.8) is 0 Å². The average molecular weight is 300 g/mol. The minimum absolute atomic E-state index is 0.475. The molecule has 0 aliphatic heterocycles. The Kier molecular flexibility index (Phi) is 3.78. The first-order valence-electron chi connectivity index (χ1n) is 6.55. The fourth-order valence-electron chi connectivity index (χ4n) is 2.49. The quantitative estimate of drug-likeness (QED) is 0.795. The summed E-state index contributed by atoms with van der Waals surface area (Å²) in [5.74, 6) is 0.566. The van der Waals surface area contributed by atoms with Crippen molar-refractivity contribution in [1.82, 2.24) is 4.98 Å². The Balaban J connectivity index is 2.20. The van der Waals surface area contributed by atoms with Crippen molar-refractivity contribution in [1.29, 1.82) is 0 Å². The molecule has 2 aromatic carbocycles. The van der Waals surface area contributed by atoms with Crippen LogP contribution in [0.15, 0.2) is 54.9 Å². The van der Waals surface area contributed by atoms with Crippen molar-refractivity contribution in [2.75, 3.05) is 7.11 Å². The van der Waals surface area contributed by atoms with E-state index < -0.39 is 6.10 Å². The molecular weight excluding hydrogens is 286 g/mol. The second-order valence-electron chi connectivity index (χ2n) is 4.70. The van der Waals surface area contributed by atoms with E-state index >= 15 is 0 Å². The zero-order valence-corrected chi connectivity index (χ0v) is 12.2. The lowest BCUT2D eigenvalue weighted by atomic mass is 9.96. The SMILES string of the molecule is COc1cccc(Cl)c1C(O)c1cccc2ccncc12. The number of aromatic nitrogens is 1. The Morgan fingerprint density at radius 2 is 1.95 bits per heavy atom. The lowest BCUT2D eigenvalue weighted by Crippen LogP contribution is -2.04. The minimum Gasteiger partial charge on any atom is -0.496 e. The first-order chi connectivity index (χ1) is 10.2. The van der Waals surface area contributed by atoms with Crippen molar-refractivity contribution >= 4 is 22.4 Å². The van der Waals surface area contributed by atoms with Crippen molar-refractivity contribution in [3.8, 4) is 5.75 Å². The third kappa shape index (κ3) is 2.46. The maximum atomic E-state index is 10.8. The van der Waals surface area contributed by atoms with Crippen LogP contribution in [-0.2, 0) is 0 Å². The summed E-state index contributed by atoms with van der Waals surface area (Å²) in [5.41, 5.74) is 1.32. The summed E-state index contributed by atoms with van der Waals surface area (Å²) >= 11 is 6.25. The van der Waals surface area contributed by atoms with Gasteiger partial charge in [-0.15, -0.1) is 0 Å². The Hall–Kier alpha value is -2.10. The smallest absolute Gasteiger partial charge is 0.126 e. The highest BCUT2D eigenvalue weighted by molar-refractivity contribution is 6.31. The van der Waals surface area contributed by atoms with E-state index in [-0.39, 0.29) is 0 Å².